The van der Waals surface area contributed by atoms with Crippen molar-refractivity contribution in [1.29, 1.82) is 0 Å². The maximum atomic E-state index is 13.4. The fraction of sp³-hybridized carbons (Fsp3) is 0.545. The number of rotatable bonds is 4. The Kier molecular flexibility index (Phi) is 6.05. The first kappa shape index (κ1) is 24.0. The predicted octanol–water partition coefficient (Wildman–Crippen LogP) is 1.98. The van der Waals surface area contributed by atoms with Gasteiger partial charge in [-0.25, -0.2) is 0 Å². The summed E-state index contributed by atoms with van der Waals surface area (Å²) in [5.41, 5.74) is -3.48. The fourth-order valence-electron chi connectivity index (χ4n) is 5.89. The van der Waals surface area contributed by atoms with Crippen LogP contribution in [0.25, 0.3) is 0 Å². The number of anilines is 1. The standard InChI is InChI=1S/C22H26BrNO8/c1-20-10-21(16(25)29-3,17(26)30-4)11-22(18(27)31-5,19(28)32-6)15(20)24(2)14-8-7-12(23)9-13(14)20/h7-9,15H,10-11H2,1-6H3/t15-,20+/m1/s1. The normalized spacial score (nSPS) is 24.6. The van der Waals surface area contributed by atoms with Crippen LogP contribution in [0.4, 0.5) is 5.69 Å². The van der Waals surface area contributed by atoms with Gasteiger partial charge in [-0.2, -0.15) is 0 Å². The van der Waals surface area contributed by atoms with E-state index < -0.39 is 52.6 Å². The van der Waals surface area contributed by atoms with E-state index in [1.807, 2.05) is 30.0 Å². The average Bonchev–Trinajstić information content (AvgIpc) is 3.01. The van der Waals surface area contributed by atoms with Gasteiger partial charge in [0.25, 0.3) is 0 Å². The highest BCUT2D eigenvalue weighted by Gasteiger charge is 2.75. The second-order valence-electron chi connectivity index (χ2n) is 8.47. The molecule has 0 unspecified atom stereocenters. The molecule has 0 aromatic heterocycles. The van der Waals surface area contributed by atoms with Crippen molar-refractivity contribution < 1.29 is 38.1 Å². The maximum Gasteiger partial charge on any atom is 0.325 e. The van der Waals surface area contributed by atoms with Gasteiger partial charge >= 0.3 is 23.9 Å². The average molecular weight is 512 g/mol. The first-order valence-electron chi connectivity index (χ1n) is 9.86. The minimum Gasteiger partial charge on any atom is -0.468 e. The van der Waals surface area contributed by atoms with Crippen LogP contribution in [0.5, 0.6) is 0 Å². The molecule has 2 aliphatic rings. The number of carbonyl (C=O) groups is 4. The summed E-state index contributed by atoms with van der Waals surface area (Å²) in [6, 6.07) is 4.74. The van der Waals surface area contributed by atoms with Crippen LogP contribution in [0.15, 0.2) is 22.7 Å². The monoisotopic (exact) mass is 511 g/mol. The SMILES string of the molecule is COC(=O)C1(C(=O)OC)CC(C(=O)OC)(C(=O)OC)[C@@H]2N(C)c3ccc(Br)cc3[C@]2(C)C1. The number of esters is 4. The number of ether oxygens (including phenoxy) is 4. The molecule has 0 N–H and O–H groups in total. The lowest BCUT2D eigenvalue weighted by Gasteiger charge is -2.53. The van der Waals surface area contributed by atoms with E-state index in [1.54, 1.807) is 7.05 Å². The second kappa shape index (κ2) is 8.06. The molecule has 0 bridgehead atoms. The molecule has 1 fully saturated rings. The van der Waals surface area contributed by atoms with Gasteiger partial charge in [0.15, 0.2) is 10.8 Å². The number of carbonyl (C=O) groups excluding carboxylic acids is 4. The Labute approximate surface area is 194 Å². The zero-order valence-electron chi connectivity index (χ0n) is 18.8. The van der Waals surface area contributed by atoms with Crippen molar-refractivity contribution in [3.8, 4) is 0 Å². The smallest absolute Gasteiger partial charge is 0.325 e. The molecule has 1 aromatic carbocycles. The van der Waals surface area contributed by atoms with Crippen molar-refractivity contribution in [1.82, 2.24) is 0 Å². The summed E-state index contributed by atoms with van der Waals surface area (Å²) in [5, 5.41) is 0. The van der Waals surface area contributed by atoms with E-state index in [0.29, 0.717) is 0 Å². The number of halogens is 1. The van der Waals surface area contributed by atoms with Crippen LogP contribution in [-0.2, 0) is 43.5 Å². The molecule has 0 amide bonds. The third-order valence-corrected chi connectivity index (χ3v) is 7.41. The third kappa shape index (κ3) is 2.95. The van der Waals surface area contributed by atoms with E-state index >= 15 is 0 Å². The number of likely N-dealkylation sites (N-methyl/N-ethyl adjacent to an activating group) is 1. The van der Waals surface area contributed by atoms with Crippen LogP contribution in [-0.4, -0.2) is 65.4 Å². The van der Waals surface area contributed by atoms with Gasteiger partial charge in [-0.05, 0) is 30.2 Å². The summed E-state index contributed by atoms with van der Waals surface area (Å²) in [4.78, 5) is 54.9. The fourth-order valence-corrected chi connectivity index (χ4v) is 6.25. The molecule has 1 heterocycles. The van der Waals surface area contributed by atoms with E-state index in [0.717, 1.165) is 44.2 Å². The Morgan fingerprint density at radius 3 is 1.88 bits per heavy atom. The summed E-state index contributed by atoms with van der Waals surface area (Å²) >= 11 is 3.47. The Bertz CT molecular complexity index is 960. The van der Waals surface area contributed by atoms with Crippen molar-refractivity contribution in [2.45, 2.75) is 31.2 Å². The predicted molar refractivity (Wildman–Crippen MR) is 116 cm³/mol. The highest BCUT2D eigenvalue weighted by molar-refractivity contribution is 9.10. The minimum absolute atomic E-state index is 0.0481. The van der Waals surface area contributed by atoms with E-state index in [1.165, 1.54) is 0 Å². The Morgan fingerprint density at radius 2 is 1.41 bits per heavy atom. The molecule has 3 rings (SSSR count). The lowest BCUT2D eigenvalue weighted by atomic mass is 9.49. The molecule has 1 saturated carbocycles. The largest absolute Gasteiger partial charge is 0.468 e. The molecule has 174 valence electrons. The molecule has 0 spiro atoms. The molecule has 0 radical (unpaired) electrons. The molecule has 1 aliphatic heterocycles. The second-order valence-corrected chi connectivity index (χ2v) is 9.38. The summed E-state index contributed by atoms with van der Waals surface area (Å²) in [6.07, 6.45) is -0.563. The Balaban J connectivity index is 2.45. The molecule has 10 heteroatoms. The maximum absolute atomic E-state index is 13.4. The van der Waals surface area contributed by atoms with Crippen LogP contribution in [0, 0.1) is 10.8 Å². The number of hydrogen-bond donors (Lipinski definition) is 0. The number of methoxy groups -OCH3 is 4. The van der Waals surface area contributed by atoms with Crippen molar-refractivity contribution in [2.24, 2.45) is 10.8 Å². The summed E-state index contributed by atoms with van der Waals surface area (Å²) in [7, 11) is 6.34. The van der Waals surface area contributed by atoms with Gasteiger partial charge in [0.05, 0.1) is 34.5 Å². The zero-order valence-corrected chi connectivity index (χ0v) is 20.4. The zero-order chi connectivity index (χ0) is 24.1. The van der Waals surface area contributed by atoms with Crippen LogP contribution in [0.2, 0.25) is 0 Å². The van der Waals surface area contributed by atoms with Gasteiger partial charge in [-0.3, -0.25) is 19.2 Å². The molecular formula is C22H26BrNO8. The van der Waals surface area contributed by atoms with Gasteiger partial charge in [-0.1, -0.05) is 22.9 Å². The third-order valence-electron chi connectivity index (χ3n) is 6.91. The number of benzene rings is 1. The van der Waals surface area contributed by atoms with E-state index in [9.17, 15) is 19.2 Å². The van der Waals surface area contributed by atoms with Crippen molar-refractivity contribution in [2.75, 3.05) is 40.4 Å². The van der Waals surface area contributed by atoms with E-state index in [4.69, 9.17) is 18.9 Å². The number of hydrogen-bond acceptors (Lipinski definition) is 9. The summed E-state index contributed by atoms with van der Waals surface area (Å²) < 4.78 is 20.9. The van der Waals surface area contributed by atoms with Crippen LogP contribution >= 0.6 is 15.9 Å². The highest BCUT2D eigenvalue weighted by atomic mass is 79.9. The van der Waals surface area contributed by atoms with Gasteiger partial charge in [-0.15, -0.1) is 0 Å². The van der Waals surface area contributed by atoms with Crippen molar-refractivity contribution in [3.63, 3.8) is 0 Å². The van der Waals surface area contributed by atoms with Crippen LogP contribution < -0.4 is 4.90 Å². The molecule has 1 aromatic rings. The topological polar surface area (TPSA) is 108 Å². The Morgan fingerprint density at radius 1 is 0.906 bits per heavy atom. The Hall–Kier alpha value is -2.62. The molecular weight excluding hydrogens is 486 g/mol. The van der Waals surface area contributed by atoms with E-state index in [-0.39, 0.29) is 6.42 Å². The lowest BCUT2D eigenvalue weighted by Crippen LogP contribution is -2.69. The van der Waals surface area contributed by atoms with Gasteiger partial charge in [0.2, 0.25) is 0 Å². The number of fused-ring (bicyclic) bond motifs is 3. The molecule has 32 heavy (non-hydrogen) atoms. The highest BCUT2D eigenvalue weighted by Crippen LogP contribution is 2.63. The summed E-state index contributed by atoms with van der Waals surface area (Å²) in [6.45, 7) is 1.81. The molecule has 9 nitrogen and oxygen atoms in total. The van der Waals surface area contributed by atoms with Crippen molar-refractivity contribution in [3.05, 3.63) is 28.2 Å². The van der Waals surface area contributed by atoms with Gasteiger partial charge in [0.1, 0.15) is 0 Å². The first-order valence-corrected chi connectivity index (χ1v) is 10.7. The van der Waals surface area contributed by atoms with Gasteiger partial charge in [0, 0.05) is 29.0 Å². The van der Waals surface area contributed by atoms with Crippen LogP contribution in [0.3, 0.4) is 0 Å². The number of nitrogens with zero attached hydrogens (tertiary/aromatic N) is 1. The summed E-state index contributed by atoms with van der Waals surface area (Å²) in [5.74, 6) is -3.60. The van der Waals surface area contributed by atoms with Crippen molar-refractivity contribution >= 4 is 45.5 Å². The molecule has 0 saturated heterocycles. The first-order chi connectivity index (χ1) is 15.0. The minimum atomic E-state index is -2.01. The van der Waals surface area contributed by atoms with Crippen LogP contribution in [0.1, 0.15) is 25.3 Å². The van der Waals surface area contributed by atoms with E-state index in [2.05, 4.69) is 15.9 Å². The van der Waals surface area contributed by atoms with Gasteiger partial charge < -0.3 is 23.8 Å². The quantitative estimate of drug-likeness (QED) is 0.340. The molecule has 1 aliphatic carbocycles. The lowest BCUT2D eigenvalue weighted by molar-refractivity contribution is -0.191. The molecule has 2 atom stereocenters.